The van der Waals surface area contributed by atoms with Crippen LogP contribution in [0.3, 0.4) is 0 Å². The Kier molecular flexibility index (Phi) is 5.34. The van der Waals surface area contributed by atoms with Crippen molar-refractivity contribution in [3.05, 3.63) is 63.6 Å². The van der Waals surface area contributed by atoms with E-state index in [2.05, 4.69) is 30.8 Å². The monoisotopic (exact) mass is 495 g/mol. The zero-order chi connectivity index (χ0) is 22.2. The predicted molar refractivity (Wildman–Crippen MR) is 127 cm³/mol. The summed E-state index contributed by atoms with van der Waals surface area (Å²) in [6.45, 7) is 2.54. The molecule has 4 aromatic rings. The molecule has 9 heteroatoms. The number of aromatic nitrogens is 3. The van der Waals surface area contributed by atoms with Crippen LogP contribution >= 0.6 is 15.9 Å². The van der Waals surface area contributed by atoms with Crippen LogP contribution < -0.4 is 15.2 Å². The molecule has 1 aliphatic heterocycles. The van der Waals surface area contributed by atoms with Gasteiger partial charge in [-0.05, 0) is 30.3 Å². The Balaban J connectivity index is 1.32. The van der Waals surface area contributed by atoms with Gasteiger partial charge in [-0.1, -0.05) is 28.1 Å². The van der Waals surface area contributed by atoms with Gasteiger partial charge in [-0.3, -0.25) is 14.2 Å². The number of benzene rings is 2. The standard InChI is InChI=1S/C23H22BrN5O3/c1-32-19-5-3-2-4-18(19)27-8-10-28(11-9-27)20(30)13-29-14-25-21-16-12-15(24)6-7-17(16)26-22(21)23(29)31/h2-7,12,14,26H,8-11,13H2,1H3. The Morgan fingerprint density at radius 3 is 2.72 bits per heavy atom. The summed E-state index contributed by atoms with van der Waals surface area (Å²) in [5.74, 6) is 0.732. The van der Waals surface area contributed by atoms with Gasteiger partial charge in [-0.25, -0.2) is 4.98 Å². The molecule has 0 bridgehead atoms. The van der Waals surface area contributed by atoms with E-state index < -0.39 is 0 Å². The lowest BCUT2D eigenvalue weighted by atomic mass is 10.2. The molecule has 0 saturated carbocycles. The van der Waals surface area contributed by atoms with Gasteiger partial charge < -0.3 is 19.5 Å². The van der Waals surface area contributed by atoms with Crippen molar-refractivity contribution >= 4 is 49.5 Å². The van der Waals surface area contributed by atoms with Gasteiger partial charge in [0.15, 0.2) is 0 Å². The summed E-state index contributed by atoms with van der Waals surface area (Å²) in [6.07, 6.45) is 1.46. The van der Waals surface area contributed by atoms with Crippen molar-refractivity contribution < 1.29 is 9.53 Å². The summed E-state index contributed by atoms with van der Waals surface area (Å²) < 4.78 is 7.75. The lowest BCUT2D eigenvalue weighted by Gasteiger charge is -2.36. The number of halogens is 1. The molecule has 2 aromatic heterocycles. The van der Waals surface area contributed by atoms with E-state index in [-0.39, 0.29) is 18.0 Å². The average Bonchev–Trinajstić information content (AvgIpc) is 3.19. The lowest BCUT2D eigenvalue weighted by molar-refractivity contribution is -0.132. The summed E-state index contributed by atoms with van der Waals surface area (Å²) in [7, 11) is 1.66. The minimum absolute atomic E-state index is 0.0323. The highest BCUT2D eigenvalue weighted by molar-refractivity contribution is 9.10. The molecule has 1 N–H and O–H groups in total. The molecule has 0 unspecified atom stereocenters. The van der Waals surface area contributed by atoms with Crippen LogP contribution in [0.4, 0.5) is 5.69 Å². The Morgan fingerprint density at radius 2 is 1.94 bits per heavy atom. The number of nitrogens with one attached hydrogen (secondary N) is 1. The number of rotatable bonds is 4. The third kappa shape index (κ3) is 3.62. The highest BCUT2D eigenvalue weighted by Gasteiger charge is 2.23. The normalized spacial score (nSPS) is 14.3. The van der Waals surface area contributed by atoms with Crippen molar-refractivity contribution in [2.24, 2.45) is 0 Å². The fourth-order valence-corrected chi connectivity index (χ4v) is 4.57. The maximum atomic E-state index is 13.0. The predicted octanol–water partition coefficient (Wildman–Crippen LogP) is 3.00. The quantitative estimate of drug-likeness (QED) is 0.470. The van der Waals surface area contributed by atoms with Crippen molar-refractivity contribution in [2.75, 3.05) is 38.2 Å². The third-order valence-electron chi connectivity index (χ3n) is 5.90. The molecule has 1 amide bonds. The number of ether oxygens (including phenoxy) is 1. The highest BCUT2D eigenvalue weighted by Crippen LogP contribution is 2.28. The SMILES string of the molecule is COc1ccccc1N1CCN(C(=O)Cn2cnc3c([nH]c4ccc(Br)cc43)c2=O)CC1. The number of para-hydroxylation sites is 2. The number of fused-ring (bicyclic) bond motifs is 3. The minimum Gasteiger partial charge on any atom is -0.495 e. The number of hydrogen-bond donors (Lipinski definition) is 1. The number of hydrogen-bond acceptors (Lipinski definition) is 5. The van der Waals surface area contributed by atoms with Crippen LogP contribution in [0.15, 0.2) is 58.1 Å². The summed E-state index contributed by atoms with van der Waals surface area (Å²) >= 11 is 3.45. The molecule has 2 aromatic carbocycles. The molecule has 32 heavy (non-hydrogen) atoms. The second-order valence-corrected chi connectivity index (χ2v) is 8.67. The molecular weight excluding hydrogens is 474 g/mol. The molecule has 1 saturated heterocycles. The van der Waals surface area contributed by atoms with Gasteiger partial charge in [-0.15, -0.1) is 0 Å². The molecular formula is C23H22BrN5O3. The number of anilines is 1. The first-order chi connectivity index (χ1) is 15.5. The molecule has 164 valence electrons. The zero-order valence-electron chi connectivity index (χ0n) is 17.5. The Hall–Kier alpha value is -3.33. The highest BCUT2D eigenvalue weighted by atomic mass is 79.9. The number of nitrogens with zero attached hydrogens (tertiary/aromatic N) is 4. The second kappa shape index (κ2) is 8.31. The summed E-state index contributed by atoms with van der Waals surface area (Å²) in [5.41, 5.74) is 2.64. The van der Waals surface area contributed by atoms with Crippen molar-refractivity contribution in [3.8, 4) is 5.75 Å². The first kappa shape index (κ1) is 20.6. The summed E-state index contributed by atoms with van der Waals surface area (Å²) in [6, 6.07) is 13.6. The summed E-state index contributed by atoms with van der Waals surface area (Å²) in [5, 5.41) is 0.873. The van der Waals surface area contributed by atoms with Crippen molar-refractivity contribution in [1.29, 1.82) is 0 Å². The van der Waals surface area contributed by atoms with E-state index in [0.717, 1.165) is 26.8 Å². The molecule has 1 aliphatic rings. The van der Waals surface area contributed by atoms with E-state index in [1.165, 1.54) is 10.9 Å². The van der Waals surface area contributed by atoms with Crippen molar-refractivity contribution in [2.45, 2.75) is 6.54 Å². The third-order valence-corrected chi connectivity index (χ3v) is 6.39. The van der Waals surface area contributed by atoms with Gasteiger partial charge in [0.1, 0.15) is 23.3 Å². The van der Waals surface area contributed by atoms with Gasteiger partial charge in [0.2, 0.25) is 5.91 Å². The van der Waals surface area contributed by atoms with Crippen molar-refractivity contribution in [1.82, 2.24) is 19.4 Å². The maximum Gasteiger partial charge on any atom is 0.278 e. The van der Waals surface area contributed by atoms with Crippen LogP contribution in [0.5, 0.6) is 5.75 Å². The molecule has 0 spiro atoms. The first-order valence-electron chi connectivity index (χ1n) is 10.4. The van der Waals surface area contributed by atoms with Gasteiger partial charge in [0.25, 0.3) is 5.56 Å². The lowest BCUT2D eigenvalue weighted by Crippen LogP contribution is -2.50. The van der Waals surface area contributed by atoms with E-state index in [9.17, 15) is 9.59 Å². The number of piperazine rings is 1. The minimum atomic E-state index is -0.247. The van der Waals surface area contributed by atoms with Gasteiger partial charge in [0.05, 0.1) is 19.1 Å². The number of aromatic amines is 1. The van der Waals surface area contributed by atoms with E-state index in [1.807, 2.05) is 42.5 Å². The first-order valence-corrected chi connectivity index (χ1v) is 11.2. The Labute approximate surface area is 192 Å². The van der Waals surface area contributed by atoms with Crippen molar-refractivity contribution in [3.63, 3.8) is 0 Å². The van der Waals surface area contributed by atoms with Crippen LogP contribution in [0.1, 0.15) is 0 Å². The molecule has 3 heterocycles. The molecule has 0 aliphatic carbocycles. The van der Waals surface area contributed by atoms with Gasteiger partial charge >= 0.3 is 0 Å². The fraction of sp³-hybridized carbons (Fsp3) is 0.261. The van der Waals surface area contributed by atoms with Crippen LogP contribution in [0.2, 0.25) is 0 Å². The van der Waals surface area contributed by atoms with Gasteiger partial charge in [0, 0.05) is 41.6 Å². The molecule has 8 nitrogen and oxygen atoms in total. The van der Waals surface area contributed by atoms with E-state index in [0.29, 0.717) is 37.2 Å². The largest absolute Gasteiger partial charge is 0.495 e. The van der Waals surface area contributed by atoms with Crippen LogP contribution in [0.25, 0.3) is 21.9 Å². The second-order valence-electron chi connectivity index (χ2n) is 7.76. The van der Waals surface area contributed by atoms with E-state index in [4.69, 9.17) is 4.74 Å². The van der Waals surface area contributed by atoms with E-state index in [1.54, 1.807) is 12.0 Å². The number of carbonyl (C=O) groups excluding carboxylic acids is 1. The van der Waals surface area contributed by atoms with E-state index >= 15 is 0 Å². The molecule has 0 atom stereocenters. The number of H-pyrrole nitrogens is 1. The smallest absolute Gasteiger partial charge is 0.278 e. The average molecular weight is 496 g/mol. The number of methoxy groups -OCH3 is 1. The fourth-order valence-electron chi connectivity index (χ4n) is 4.21. The Bertz CT molecular complexity index is 1370. The van der Waals surface area contributed by atoms with Crippen LogP contribution in [0, 0.1) is 0 Å². The van der Waals surface area contributed by atoms with Crippen LogP contribution in [-0.4, -0.2) is 58.6 Å². The topological polar surface area (TPSA) is 83.5 Å². The maximum absolute atomic E-state index is 13.0. The number of amides is 1. The molecule has 1 fully saturated rings. The summed E-state index contributed by atoms with van der Waals surface area (Å²) in [4.78, 5) is 37.5. The Morgan fingerprint density at radius 1 is 1.16 bits per heavy atom. The number of carbonyl (C=O) groups is 1. The van der Waals surface area contributed by atoms with Gasteiger partial charge in [-0.2, -0.15) is 0 Å². The van der Waals surface area contributed by atoms with Crippen LogP contribution in [-0.2, 0) is 11.3 Å². The zero-order valence-corrected chi connectivity index (χ0v) is 19.1. The molecule has 5 rings (SSSR count). The molecule has 0 radical (unpaired) electrons.